The molecule has 0 saturated carbocycles. The largest absolute Gasteiger partial charge is 0.454 e. The fraction of sp³-hybridized carbons (Fsp3) is 0.100. The molecule has 0 saturated heterocycles. The number of benzene rings is 3. The molecule has 26 heavy (non-hydrogen) atoms. The Balaban J connectivity index is 1.34. The van der Waals surface area contributed by atoms with E-state index in [2.05, 4.69) is 28.7 Å². The van der Waals surface area contributed by atoms with Crippen LogP contribution < -0.4 is 14.9 Å². The average molecular weight is 364 g/mol. The summed E-state index contributed by atoms with van der Waals surface area (Å²) in [6.07, 6.45) is 1.59. The molecule has 6 heteroatoms. The van der Waals surface area contributed by atoms with Crippen molar-refractivity contribution in [2.24, 2.45) is 5.10 Å². The minimum absolute atomic E-state index is 0.153. The third-order valence-corrected chi connectivity index (χ3v) is 4.98. The van der Waals surface area contributed by atoms with Crippen LogP contribution in [0, 0.1) is 0 Å². The second-order valence-electron chi connectivity index (χ2n) is 5.67. The maximum atomic E-state index is 12.0. The van der Waals surface area contributed by atoms with Crippen LogP contribution in [0.2, 0.25) is 0 Å². The standard InChI is InChI=1S/C20H16N2O3S/c23-20(12-26-19-7-3-5-15-4-1-2-6-16(15)19)22-21-11-14-8-9-17-18(10-14)25-13-24-17/h1-11H,12-13H2,(H,22,23)/b21-11+. The number of hydrazone groups is 1. The van der Waals surface area contributed by atoms with Gasteiger partial charge in [-0.15, -0.1) is 11.8 Å². The third kappa shape index (κ3) is 3.65. The average Bonchev–Trinajstić information content (AvgIpc) is 3.14. The number of carbonyl (C=O) groups is 1. The van der Waals surface area contributed by atoms with Crippen molar-refractivity contribution >= 4 is 34.7 Å². The van der Waals surface area contributed by atoms with E-state index < -0.39 is 0 Å². The summed E-state index contributed by atoms with van der Waals surface area (Å²) in [6, 6.07) is 19.7. The first kappa shape index (κ1) is 16.5. The van der Waals surface area contributed by atoms with Gasteiger partial charge in [0.15, 0.2) is 11.5 Å². The summed E-state index contributed by atoms with van der Waals surface area (Å²) in [4.78, 5) is 13.1. The van der Waals surface area contributed by atoms with E-state index in [4.69, 9.17) is 9.47 Å². The molecule has 1 N–H and O–H groups in total. The number of carbonyl (C=O) groups excluding carboxylic acids is 1. The lowest BCUT2D eigenvalue weighted by Crippen LogP contribution is -2.19. The molecule has 0 unspecified atom stereocenters. The first-order valence-corrected chi connectivity index (χ1v) is 9.10. The SMILES string of the molecule is O=C(CSc1cccc2ccccc12)N/N=C/c1ccc2c(c1)OCO2. The minimum Gasteiger partial charge on any atom is -0.454 e. The Morgan fingerprint density at radius 2 is 1.92 bits per heavy atom. The van der Waals surface area contributed by atoms with Crippen molar-refractivity contribution in [2.75, 3.05) is 12.5 Å². The molecule has 0 bridgehead atoms. The van der Waals surface area contributed by atoms with Crippen LogP contribution in [0.5, 0.6) is 11.5 Å². The van der Waals surface area contributed by atoms with E-state index in [1.54, 1.807) is 6.21 Å². The number of ether oxygens (including phenoxy) is 2. The van der Waals surface area contributed by atoms with Crippen LogP contribution >= 0.6 is 11.8 Å². The Morgan fingerprint density at radius 1 is 1.08 bits per heavy atom. The number of amides is 1. The molecule has 0 atom stereocenters. The predicted molar refractivity (Wildman–Crippen MR) is 103 cm³/mol. The number of fused-ring (bicyclic) bond motifs is 2. The van der Waals surface area contributed by atoms with Crippen molar-refractivity contribution in [3.63, 3.8) is 0 Å². The van der Waals surface area contributed by atoms with Gasteiger partial charge in [0, 0.05) is 4.90 Å². The topological polar surface area (TPSA) is 59.9 Å². The molecule has 130 valence electrons. The molecule has 1 aliphatic heterocycles. The molecule has 0 aromatic heterocycles. The molecule has 0 aliphatic carbocycles. The summed E-state index contributed by atoms with van der Waals surface area (Å²) in [7, 11) is 0. The van der Waals surface area contributed by atoms with E-state index in [1.807, 2.05) is 42.5 Å². The molecule has 3 aromatic carbocycles. The fourth-order valence-corrected chi connectivity index (χ4v) is 3.54. The minimum atomic E-state index is -0.153. The summed E-state index contributed by atoms with van der Waals surface area (Å²) < 4.78 is 10.6. The number of thioether (sulfide) groups is 1. The predicted octanol–water partition coefficient (Wildman–Crippen LogP) is 3.81. The van der Waals surface area contributed by atoms with E-state index in [9.17, 15) is 4.79 Å². The maximum absolute atomic E-state index is 12.0. The van der Waals surface area contributed by atoms with Gasteiger partial charge in [0.25, 0.3) is 0 Å². The van der Waals surface area contributed by atoms with Crippen molar-refractivity contribution in [1.29, 1.82) is 0 Å². The zero-order valence-electron chi connectivity index (χ0n) is 13.8. The van der Waals surface area contributed by atoms with Gasteiger partial charge in [0.2, 0.25) is 12.7 Å². The number of nitrogens with zero attached hydrogens (tertiary/aromatic N) is 1. The zero-order chi connectivity index (χ0) is 17.8. The summed E-state index contributed by atoms with van der Waals surface area (Å²) in [5.41, 5.74) is 3.38. The van der Waals surface area contributed by atoms with Crippen molar-refractivity contribution < 1.29 is 14.3 Å². The quantitative estimate of drug-likeness (QED) is 0.425. The number of nitrogens with one attached hydrogen (secondary N) is 1. The van der Waals surface area contributed by atoms with Gasteiger partial charge in [-0.1, -0.05) is 36.4 Å². The first-order valence-electron chi connectivity index (χ1n) is 8.12. The molecule has 0 radical (unpaired) electrons. The number of hydrogen-bond donors (Lipinski definition) is 1. The molecule has 3 aromatic rings. The van der Waals surface area contributed by atoms with Crippen LogP contribution in [0.25, 0.3) is 10.8 Å². The molecule has 1 heterocycles. The Hall–Kier alpha value is -2.99. The van der Waals surface area contributed by atoms with Gasteiger partial charge in [-0.05, 0) is 40.6 Å². The Labute approximate surface area is 155 Å². The zero-order valence-corrected chi connectivity index (χ0v) is 14.7. The van der Waals surface area contributed by atoms with Crippen molar-refractivity contribution in [3.8, 4) is 11.5 Å². The Kier molecular flexibility index (Phi) is 4.75. The van der Waals surface area contributed by atoms with Crippen molar-refractivity contribution in [2.45, 2.75) is 4.90 Å². The highest BCUT2D eigenvalue weighted by atomic mass is 32.2. The summed E-state index contributed by atoms with van der Waals surface area (Å²) >= 11 is 1.50. The van der Waals surface area contributed by atoms with E-state index in [0.717, 1.165) is 21.6 Å². The lowest BCUT2D eigenvalue weighted by atomic mass is 10.1. The molecule has 4 rings (SSSR count). The van der Waals surface area contributed by atoms with Crippen LogP contribution in [0.15, 0.2) is 70.7 Å². The molecular weight excluding hydrogens is 348 g/mol. The van der Waals surface area contributed by atoms with Crippen molar-refractivity contribution in [1.82, 2.24) is 5.43 Å². The van der Waals surface area contributed by atoms with Crippen LogP contribution in [-0.4, -0.2) is 24.7 Å². The van der Waals surface area contributed by atoms with Gasteiger partial charge in [-0.3, -0.25) is 4.79 Å². The fourth-order valence-electron chi connectivity index (χ4n) is 2.67. The van der Waals surface area contributed by atoms with Crippen LogP contribution in [0.1, 0.15) is 5.56 Å². The van der Waals surface area contributed by atoms with Gasteiger partial charge >= 0.3 is 0 Å². The first-order chi connectivity index (χ1) is 12.8. The van der Waals surface area contributed by atoms with Gasteiger partial charge < -0.3 is 9.47 Å². The Bertz CT molecular complexity index is 982. The molecule has 5 nitrogen and oxygen atoms in total. The molecule has 0 fully saturated rings. The lowest BCUT2D eigenvalue weighted by Gasteiger charge is -2.05. The number of rotatable bonds is 5. The van der Waals surface area contributed by atoms with E-state index >= 15 is 0 Å². The monoisotopic (exact) mass is 364 g/mol. The molecule has 1 amide bonds. The Morgan fingerprint density at radius 3 is 2.88 bits per heavy atom. The highest BCUT2D eigenvalue weighted by molar-refractivity contribution is 8.00. The van der Waals surface area contributed by atoms with Crippen LogP contribution in [0.3, 0.4) is 0 Å². The third-order valence-electron chi connectivity index (χ3n) is 3.91. The van der Waals surface area contributed by atoms with E-state index in [1.165, 1.54) is 17.1 Å². The second-order valence-corrected chi connectivity index (χ2v) is 6.69. The smallest absolute Gasteiger partial charge is 0.250 e. The normalized spacial score (nSPS) is 12.6. The highest BCUT2D eigenvalue weighted by Gasteiger charge is 2.12. The summed E-state index contributed by atoms with van der Waals surface area (Å²) in [6.45, 7) is 0.234. The van der Waals surface area contributed by atoms with E-state index in [-0.39, 0.29) is 12.7 Å². The molecule has 1 aliphatic rings. The summed E-state index contributed by atoms with van der Waals surface area (Å²) in [5.74, 6) is 1.55. The lowest BCUT2D eigenvalue weighted by molar-refractivity contribution is -0.118. The molecule has 0 spiro atoms. The second kappa shape index (κ2) is 7.49. The number of hydrogen-bond acceptors (Lipinski definition) is 5. The van der Waals surface area contributed by atoms with Gasteiger partial charge in [0.05, 0.1) is 12.0 Å². The van der Waals surface area contributed by atoms with Gasteiger partial charge in [0.1, 0.15) is 0 Å². The van der Waals surface area contributed by atoms with Gasteiger partial charge in [-0.25, -0.2) is 5.43 Å². The van der Waals surface area contributed by atoms with Gasteiger partial charge in [-0.2, -0.15) is 5.10 Å². The summed E-state index contributed by atoms with van der Waals surface area (Å²) in [5, 5.41) is 6.32. The molecular formula is C20H16N2O3S. The van der Waals surface area contributed by atoms with Crippen molar-refractivity contribution in [3.05, 3.63) is 66.2 Å². The maximum Gasteiger partial charge on any atom is 0.250 e. The van der Waals surface area contributed by atoms with Crippen LogP contribution in [0.4, 0.5) is 0 Å². The van der Waals surface area contributed by atoms with Crippen LogP contribution in [-0.2, 0) is 4.79 Å². The van der Waals surface area contributed by atoms with E-state index in [0.29, 0.717) is 11.5 Å². The highest BCUT2D eigenvalue weighted by Crippen LogP contribution is 2.32.